The molecule has 0 saturated heterocycles. The summed E-state index contributed by atoms with van der Waals surface area (Å²) in [5.41, 5.74) is 0. The van der Waals surface area contributed by atoms with E-state index in [0.29, 0.717) is 0 Å². The van der Waals surface area contributed by atoms with Gasteiger partial charge in [-0.25, -0.2) is 0 Å². The van der Waals surface area contributed by atoms with Crippen LogP contribution in [0.2, 0.25) is 0 Å². The molecule has 0 aromatic rings. The molecule has 0 aliphatic rings. The average molecular weight is 193 g/mol. The van der Waals surface area contributed by atoms with Crippen molar-refractivity contribution < 1.29 is 70.3 Å². The molecule has 0 spiro atoms. The Balaban J connectivity index is -0.00000000300. The molecule has 66 valence electrons. The van der Waals surface area contributed by atoms with Gasteiger partial charge < -0.3 is 36.5 Å². The molecule has 0 aliphatic carbocycles. The van der Waals surface area contributed by atoms with Crippen molar-refractivity contribution in [3.8, 4) is 0 Å². The Hall–Kier alpha value is 0.870. The predicted octanol–water partition coefficient (Wildman–Crippen LogP) is -8.12. The van der Waals surface area contributed by atoms with E-state index in [1.54, 1.807) is 0 Å². The van der Waals surface area contributed by atoms with Crippen LogP contribution in [0.1, 0.15) is 0 Å². The van der Waals surface area contributed by atoms with E-state index in [1.165, 1.54) is 0 Å². The van der Waals surface area contributed by atoms with Crippen LogP contribution in [0.25, 0.3) is 0 Å². The molecular formula is H10NaO8S-. The Morgan fingerprint density at radius 3 is 0.800 bits per heavy atom. The summed E-state index contributed by atoms with van der Waals surface area (Å²) in [5, 5.41) is 0. The summed E-state index contributed by atoms with van der Waals surface area (Å²) >= 11 is -3.11. The second-order valence-electron chi connectivity index (χ2n) is 0.204. The van der Waals surface area contributed by atoms with Gasteiger partial charge in [0.15, 0.2) is 0 Å². The molecule has 0 unspecified atom stereocenters. The van der Waals surface area contributed by atoms with Crippen molar-refractivity contribution in [2.45, 2.75) is 0 Å². The average Bonchev–Trinajstić information content (AvgIpc) is 0.811. The second-order valence-corrected chi connectivity index (χ2v) is 0.612. The van der Waals surface area contributed by atoms with E-state index in [9.17, 15) is 0 Å². The molecule has 0 radical (unpaired) electrons. The first-order valence-corrected chi connectivity index (χ1v) is 1.50. The molecule has 0 aromatic heterocycles. The molecule has 0 aliphatic heterocycles. The van der Waals surface area contributed by atoms with Gasteiger partial charge in [-0.05, 0) is 0 Å². The van der Waals surface area contributed by atoms with Crippen molar-refractivity contribution in [3.63, 3.8) is 0 Å². The molecule has 10 heteroatoms. The molecule has 0 aromatic carbocycles. The Morgan fingerprint density at radius 1 is 0.800 bits per heavy atom. The maximum absolute atomic E-state index is 8.44. The van der Waals surface area contributed by atoms with E-state index >= 15 is 0 Å². The standard InChI is InChI=1S/Na.H2O3S.5H2O/c;1-4(2)3;;;;;/h;(H2,1,2,3);5*1H2/q+1;;;;;;/p-2. The first kappa shape index (κ1) is 70.7. The monoisotopic (exact) mass is 193 g/mol. The Labute approximate surface area is 81.6 Å². The topological polar surface area (TPSA) is 221 Å². The second kappa shape index (κ2) is 51.8. The van der Waals surface area contributed by atoms with Gasteiger partial charge in [-0.2, -0.15) is 0 Å². The third kappa shape index (κ3) is 726. The van der Waals surface area contributed by atoms with Gasteiger partial charge in [0.1, 0.15) is 0 Å². The normalized spacial score (nSPS) is 3.50. The van der Waals surface area contributed by atoms with Gasteiger partial charge in [0.05, 0.1) is 0 Å². The van der Waals surface area contributed by atoms with Gasteiger partial charge in [-0.3, -0.25) is 4.21 Å². The van der Waals surface area contributed by atoms with Crippen molar-refractivity contribution in [1.29, 1.82) is 0 Å². The van der Waals surface area contributed by atoms with Crippen LogP contribution in [-0.4, -0.2) is 40.7 Å². The van der Waals surface area contributed by atoms with E-state index < -0.39 is 11.4 Å². The van der Waals surface area contributed by atoms with Crippen LogP contribution < -0.4 is 29.6 Å². The van der Waals surface area contributed by atoms with Gasteiger partial charge in [0, 0.05) is 0 Å². The van der Waals surface area contributed by atoms with Crippen molar-refractivity contribution in [3.05, 3.63) is 0 Å². The Morgan fingerprint density at radius 2 is 0.800 bits per heavy atom. The number of rotatable bonds is 0. The van der Waals surface area contributed by atoms with Crippen molar-refractivity contribution in [2.75, 3.05) is 0 Å². The zero-order valence-electron chi connectivity index (χ0n) is 5.13. The minimum atomic E-state index is -3.11. The molecule has 10 N–H and O–H groups in total. The molecule has 0 amide bonds. The van der Waals surface area contributed by atoms with Crippen molar-refractivity contribution >= 4 is 11.4 Å². The van der Waals surface area contributed by atoms with Gasteiger partial charge in [-0.1, -0.05) is 0 Å². The van der Waals surface area contributed by atoms with Gasteiger partial charge >= 0.3 is 29.6 Å². The summed E-state index contributed by atoms with van der Waals surface area (Å²) in [5.74, 6) is 0. The third-order valence-electron chi connectivity index (χ3n) is 0. The van der Waals surface area contributed by atoms with Crippen LogP contribution in [0.3, 0.4) is 0 Å². The fourth-order valence-electron chi connectivity index (χ4n) is 0. The summed E-state index contributed by atoms with van der Waals surface area (Å²) in [6.45, 7) is 0. The fourth-order valence-corrected chi connectivity index (χ4v) is 0. The van der Waals surface area contributed by atoms with Crippen LogP contribution in [-0.2, 0) is 11.4 Å². The molecule has 0 heterocycles. The van der Waals surface area contributed by atoms with Crippen LogP contribution in [0.15, 0.2) is 0 Å². The van der Waals surface area contributed by atoms with E-state index in [1.807, 2.05) is 0 Å². The summed E-state index contributed by atoms with van der Waals surface area (Å²) in [4.78, 5) is 0. The maximum atomic E-state index is 8.44. The number of hydrogen-bond acceptors (Lipinski definition) is 3. The van der Waals surface area contributed by atoms with Crippen molar-refractivity contribution in [2.24, 2.45) is 0 Å². The molecular weight excluding hydrogens is 183 g/mol. The summed E-state index contributed by atoms with van der Waals surface area (Å²) in [6, 6.07) is 0. The zero-order valence-corrected chi connectivity index (χ0v) is 7.95. The molecule has 0 fully saturated rings. The first-order valence-electron chi connectivity index (χ1n) is 0.500. The van der Waals surface area contributed by atoms with E-state index in [2.05, 4.69) is 0 Å². The Bertz CT molecular complexity index is 32.2. The van der Waals surface area contributed by atoms with E-state index in [0.717, 1.165) is 0 Å². The largest absolute Gasteiger partial charge is 1.00 e. The van der Waals surface area contributed by atoms with Crippen LogP contribution in [0.5, 0.6) is 0 Å². The molecule has 0 rings (SSSR count). The van der Waals surface area contributed by atoms with Crippen LogP contribution in [0, 0.1) is 0 Å². The first-order chi connectivity index (χ1) is 1.73. The van der Waals surface area contributed by atoms with Gasteiger partial charge in [0.25, 0.3) is 0 Å². The minimum Gasteiger partial charge on any atom is -0.784 e. The molecule has 10 heavy (non-hydrogen) atoms. The SMILES string of the molecule is O.O.O.O.O.O=S([O-])[O-].[Na+]. The summed E-state index contributed by atoms with van der Waals surface area (Å²) < 4.78 is 25.3. The van der Waals surface area contributed by atoms with Gasteiger partial charge in [-0.15, -0.1) is 11.4 Å². The molecule has 8 nitrogen and oxygen atoms in total. The summed E-state index contributed by atoms with van der Waals surface area (Å²) in [6.07, 6.45) is 0. The van der Waals surface area contributed by atoms with E-state index in [-0.39, 0.29) is 56.9 Å². The maximum Gasteiger partial charge on any atom is 1.00 e. The smallest absolute Gasteiger partial charge is 0.784 e. The summed E-state index contributed by atoms with van der Waals surface area (Å²) in [7, 11) is 0. The zero-order chi connectivity index (χ0) is 3.58. The molecule has 0 saturated carbocycles. The van der Waals surface area contributed by atoms with Crippen LogP contribution in [0.4, 0.5) is 0 Å². The van der Waals surface area contributed by atoms with E-state index in [4.69, 9.17) is 13.3 Å². The molecule has 0 atom stereocenters. The molecule has 0 bridgehead atoms. The third-order valence-corrected chi connectivity index (χ3v) is 0. The predicted molar refractivity (Wildman–Crippen MR) is 27.8 cm³/mol. The Kier molecular flexibility index (Phi) is 367. The fraction of sp³-hybridized carbons (Fsp3) is 0. The quantitative estimate of drug-likeness (QED) is 0.270. The van der Waals surface area contributed by atoms with Gasteiger partial charge in [0.2, 0.25) is 0 Å². The minimum absolute atomic E-state index is 0. The van der Waals surface area contributed by atoms with Crippen LogP contribution >= 0.6 is 0 Å². The van der Waals surface area contributed by atoms with Crippen molar-refractivity contribution in [1.82, 2.24) is 0 Å². The number of hydrogen-bond donors (Lipinski definition) is 0.